The first-order valence-corrected chi connectivity index (χ1v) is 7.84. The summed E-state index contributed by atoms with van der Waals surface area (Å²) in [7, 11) is 0. The Morgan fingerprint density at radius 3 is 3.00 bits per heavy atom. The average Bonchev–Trinajstić information content (AvgIpc) is 2.80. The topological polar surface area (TPSA) is 21.3 Å². The number of hydrogen-bond donors (Lipinski definition) is 1. The fourth-order valence-corrected chi connectivity index (χ4v) is 3.24. The Bertz CT molecular complexity index is 369. The van der Waals surface area contributed by atoms with Crippen LogP contribution < -0.4 is 5.32 Å². The maximum Gasteiger partial charge on any atom is 0.0673 e. The standard InChI is InChI=1S/C15H23NOS/c1-3-16-10-13-5-4-6-15(9-13)18-11-14-8-7-12(2)17-14/h4-6,9,12,14,16H,3,7-8,10-11H2,1-2H3. The minimum Gasteiger partial charge on any atom is -0.374 e. The van der Waals surface area contributed by atoms with Gasteiger partial charge in [-0.25, -0.2) is 0 Å². The van der Waals surface area contributed by atoms with Gasteiger partial charge in [-0.1, -0.05) is 19.1 Å². The Hall–Kier alpha value is -0.510. The van der Waals surface area contributed by atoms with E-state index in [1.807, 2.05) is 11.8 Å². The fraction of sp³-hybridized carbons (Fsp3) is 0.600. The highest BCUT2D eigenvalue weighted by atomic mass is 32.2. The molecule has 2 atom stereocenters. The Kier molecular flexibility index (Phi) is 5.54. The normalized spacial score (nSPS) is 23.4. The van der Waals surface area contributed by atoms with Crippen LogP contribution in [-0.4, -0.2) is 24.5 Å². The summed E-state index contributed by atoms with van der Waals surface area (Å²) in [5.41, 5.74) is 1.36. The van der Waals surface area contributed by atoms with Crippen LogP contribution in [0, 0.1) is 0 Å². The van der Waals surface area contributed by atoms with E-state index in [1.165, 1.54) is 23.3 Å². The Labute approximate surface area is 114 Å². The number of benzene rings is 1. The molecule has 2 unspecified atom stereocenters. The lowest BCUT2D eigenvalue weighted by molar-refractivity contribution is 0.0700. The van der Waals surface area contributed by atoms with Gasteiger partial charge in [-0.3, -0.25) is 0 Å². The molecule has 18 heavy (non-hydrogen) atoms. The zero-order valence-corrected chi connectivity index (χ0v) is 12.1. The minimum absolute atomic E-state index is 0.447. The number of rotatable bonds is 6. The van der Waals surface area contributed by atoms with E-state index in [9.17, 15) is 0 Å². The van der Waals surface area contributed by atoms with Crippen LogP contribution in [0.15, 0.2) is 29.2 Å². The molecule has 1 N–H and O–H groups in total. The van der Waals surface area contributed by atoms with Crippen LogP contribution >= 0.6 is 11.8 Å². The molecule has 0 amide bonds. The molecule has 0 radical (unpaired) electrons. The van der Waals surface area contributed by atoms with Crippen LogP contribution in [0.1, 0.15) is 32.3 Å². The van der Waals surface area contributed by atoms with Crippen molar-refractivity contribution >= 4 is 11.8 Å². The monoisotopic (exact) mass is 265 g/mol. The number of hydrogen-bond acceptors (Lipinski definition) is 3. The second-order valence-corrected chi connectivity index (χ2v) is 5.98. The maximum absolute atomic E-state index is 5.84. The first-order chi connectivity index (χ1) is 8.78. The highest BCUT2D eigenvalue weighted by Gasteiger charge is 2.21. The van der Waals surface area contributed by atoms with Crippen LogP contribution in [0.5, 0.6) is 0 Å². The molecule has 2 nitrogen and oxygen atoms in total. The Balaban J connectivity index is 1.81. The molecule has 1 fully saturated rings. The third kappa shape index (κ3) is 4.30. The van der Waals surface area contributed by atoms with Crippen molar-refractivity contribution in [3.05, 3.63) is 29.8 Å². The van der Waals surface area contributed by atoms with E-state index < -0.39 is 0 Å². The fourth-order valence-electron chi connectivity index (χ4n) is 2.21. The van der Waals surface area contributed by atoms with Gasteiger partial charge in [-0.15, -0.1) is 11.8 Å². The highest BCUT2D eigenvalue weighted by Crippen LogP contribution is 2.26. The highest BCUT2D eigenvalue weighted by molar-refractivity contribution is 7.99. The van der Waals surface area contributed by atoms with Crippen molar-refractivity contribution in [3.63, 3.8) is 0 Å². The first kappa shape index (κ1) is 13.9. The zero-order valence-electron chi connectivity index (χ0n) is 11.3. The summed E-state index contributed by atoms with van der Waals surface area (Å²) < 4.78 is 5.84. The van der Waals surface area contributed by atoms with Gasteiger partial charge in [-0.05, 0) is 44.0 Å². The molecule has 3 heteroatoms. The van der Waals surface area contributed by atoms with E-state index in [0.717, 1.165) is 18.8 Å². The van der Waals surface area contributed by atoms with Gasteiger partial charge < -0.3 is 10.1 Å². The first-order valence-electron chi connectivity index (χ1n) is 6.86. The van der Waals surface area contributed by atoms with E-state index in [2.05, 4.69) is 43.4 Å². The molecule has 0 aromatic heterocycles. The molecule has 0 spiro atoms. The summed E-state index contributed by atoms with van der Waals surface area (Å²) >= 11 is 1.91. The molecule has 100 valence electrons. The van der Waals surface area contributed by atoms with Crippen LogP contribution in [0.3, 0.4) is 0 Å². The van der Waals surface area contributed by atoms with Gasteiger partial charge >= 0.3 is 0 Å². The second-order valence-electron chi connectivity index (χ2n) is 4.88. The third-order valence-corrected chi connectivity index (χ3v) is 4.36. The maximum atomic E-state index is 5.84. The lowest BCUT2D eigenvalue weighted by Crippen LogP contribution is -2.12. The van der Waals surface area contributed by atoms with Gasteiger partial charge in [0.05, 0.1) is 12.2 Å². The van der Waals surface area contributed by atoms with Crippen molar-refractivity contribution in [2.75, 3.05) is 12.3 Å². The van der Waals surface area contributed by atoms with Gasteiger partial charge in [-0.2, -0.15) is 0 Å². The molecule has 1 aliphatic rings. The predicted molar refractivity (Wildman–Crippen MR) is 78.1 cm³/mol. The molecule has 1 aliphatic heterocycles. The second kappa shape index (κ2) is 7.17. The molecule has 0 aliphatic carbocycles. The molecule has 0 bridgehead atoms. The minimum atomic E-state index is 0.447. The summed E-state index contributed by atoms with van der Waals surface area (Å²) in [5, 5.41) is 3.36. The van der Waals surface area contributed by atoms with E-state index in [-0.39, 0.29) is 0 Å². The quantitative estimate of drug-likeness (QED) is 0.796. The van der Waals surface area contributed by atoms with E-state index >= 15 is 0 Å². The smallest absolute Gasteiger partial charge is 0.0673 e. The van der Waals surface area contributed by atoms with Gasteiger partial charge in [0, 0.05) is 17.2 Å². The molecule has 1 saturated heterocycles. The van der Waals surface area contributed by atoms with Gasteiger partial charge in [0.25, 0.3) is 0 Å². The van der Waals surface area contributed by atoms with Crippen molar-refractivity contribution in [1.29, 1.82) is 0 Å². The number of nitrogens with one attached hydrogen (secondary N) is 1. The van der Waals surface area contributed by atoms with Crippen LogP contribution in [0.2, 0.25) is 0 Å². The SMILES string of the molecule is CCNCc1cccc(SCC2CCC(C)O2)c1. The Morgan fingerprint density at radius 2 is 2.28 bits per heavy atom. The van der Waals surface area contributed by atoms with Crippen molar-refractivity contribution in [1.82, 2.24) is 5.32 Å². The summed E-state index contributed by atoms with van der Waals surface area (Å²) in [4.78, 5) is 1.36. The summed E-state index contributed by atoms with van der Waals surface area (Å²) in [6.45, 7) is 6.28. The number of ether oxygens (including phenoxy) is 1. The van der Waals surface area contributed by atoms with Gasteiger partial charge in [0.1, 0.15) is 0 Å². The molecular weight excluding hydrogens is 242 g/mol. The molecule has 1 heterocycles. The van der Waals surface area contributed by atoms with Gasteiger partial charge in [0.15, 0.2) is 0 Å². The molecular formula is C15H23NOS. The largest absolute Gasteiger partial charge is 0.374 e. The summed E-state index contributed by atoms with van der Waals surface area (Å²) in [6.07, 6.45) is 3.33. The lowest BCUT2D eigenvalue weighted by atomic mass is 10.2. The van der Waals surface area contributed by atoms with Crippen LogP contribution in [-0.2, 0) is 11.3 Å². The van der Waals surface area contributed by atoms with Crippen LogP contribution in [0.25, 0.3) is 0 Å². The van der Waals surface area contributed by atoms with E-state index in [4.69, 9.17) is 4.74 Å². The van der Waals surface area contributed by atoms with Crippen molar-refractivity contribution in [2.24, 2.45) is 0 Å². The molecule has 1 aromatic carbocycles. The predicted octanol–water partition coefficient (Wildman–Crippen LogP) is 3.46. The van der Waals surface area contributed by atoms with E-state index in [0.29, 0.717) is 12.2 Å². The summed E-state index contributed by atoms with van der Waals surface area (Å²) in [5.74, 6) is 1.08. The third-order valence-electron chi connectivity index (χ3n) is 3.23. The van der Waals surface area contributed by atoms with E-state index in [1.54, 1.807) is 0 Å². The van der Waals surface area contributed by atoms with Crippen LogP contribution in [0.4, 0.5) is 0 Å². The van der Waals surface area contributed by atoms with Crippen molar-refractivity contribution in [3.8, 4) is 0 Å². The molecule has 2 rings (SSSR count). The van der Waals surface area contributed by atoms with Crippen molar-refractivity contribution in [2.45, 2.75) is 50.3 Å². The summed E-state index contributed by atoms with van der Waals surface area (Å²) in [6, 6.07) is 8.80. The number of thioether (sulfide) groups is 1. The van der Waals surface area contributed by atoms with Crippen molar-refractivity contribution < 1.29 is 4.74 Å². The Morgan fingerprint density at radius 1 is 1.39 bits per heavy atom. The molecule has 0 saturated carbocycles. The average molecular weight is 265 g/mol. The lowest BCUT2D eigenvalue weighted by Gasteiger charge is -2.11. The molecule has 1 aromatic rings. The van der Waals surface area contributed by atoms with Gasteiger partial charge in [0.2, 0.25) is 0 Å². The zero-order chi connectivity index (χ0) is 12.8.